The molecule has 3 aromatic carbocycles. The number of ether oxygens (including phenoxy) is 1. The molecular formula is C39H52N8O3. The van der Waals surface area contributed by atoms with Gasteiger partial charge in [-0.25, -0.2) is 14.8 Å². The minimum absolute atomic E-state index is 0.298. The molecule has 4 rings (SSSR count). The van der Waals surface area contributed by atoms with Gasteiger partial charge in [0, 0.05) is 44.7 Å². The molecule has 0 aliphatic carbocycles. The Morgan fingerprint density at radius 3 is 2.16 bits per heavy atom. The Labute approximate surface area is 296 Å². The van der Waals surface area contributed by atoms with Gasteiger partial charge in [-0.3, -0.25) is 5.32 Å². The van der Waals surface area contributed by atoms with E-state index in [9.17, 15) is 15.2 Å². The fourth-order valence-electron chi connectivity index (χ4n) is 6.22. The number of benzene rings is 3. The quantitative estimate of drug-likeness (QED) is 0.0300. The molecule has 1 heterocycles. The van der Waals surface area contributed by atoms with Crippen molar-refractivity contribution in [3.63, 3.8) is 0 Å². The van der Waals surface area contributed by atoms with Gasteiger partial charge < -0.3 is 29.1 Å². The lowest BCUT2D eigenvalue weighted by Gasteiger charge is -2.30. The van der Waals surface area contributed by atoms with Gasteiger partial charge in [0.15, 0.2) is 6.19 Å². The van der Waals surface area contributed by atoms with Crippen LogP contribution >= 0.6 is 0 Å². The highest BCUT2D eigenvalue weighted by atomic mass is 16.7. The number of nitrogens with one attached hydrogen (secondary N) is 1. The molecule has 0 atom stereocenters. The number of aromatic nitrogens is 2. The Kier molecular flexibility index (Phi) is 14.2. The highest BCUT2D eigenvalue weighted by molar-refractivity contribution is 5.88. The number of imidazole rings is 1. The van der Waals surface area contributed by atoms with Crippen molar-refractivity contribution in [1.82, 2.24) is 29.6 Å². The molecule has 11 nitrogen and oxygen atoms in total. The van der Waals surface area contributed by atoms with Crippen LogP contribution in [-0.4, -0.2) is 93.8 Å². The Hall–Kier alpha value is -4.92. The molecule has 0 spiro atoms. The van der Waals surface area contributed by atoms with Crippen molar-refractivity contribution < 1.29 is 14.6 Å². The number of nitriles is 1. The van der Waals surface area contributed by atoms with E-state index in [2.05, 4.69) is 90.5 Å². The molecule has 4 aromatic rings. The zero-order valence-corrected chi connectivity index (χ0v) is 30.4. The van der Waals surface area contributed by atoms with E-state index in [-0.39, 0.29) is 0 Å². The fourth-order valence-corrected chi connectivity index (χ4v) is 6.22. The number of carbonyl (C=O) groups is 1. The van der Waals surface area contributed by atoms with Gasteiger partial charge in [-0.15, -0.1) is 0 Å². The summed E-state index contributed by atoms with van der Waals surface area (Å²) in [4.78, 5) is 28.4. The molecule has 266 valence electrons. The van der Waals surface area contributed by atoms with E-state index in [1.807, 2.05) is 30.3 Å². The second-order valence-corrected chi connectivity index (χ2v) is 12.3. The number of carboxylic acid groups (broad SMARTS) is 1. The average Bonchev–Trinajstić information content (AvgIpc) is 3.45. The highest BCUT2D eigenvalue weighted by Crippen LogP contribution is 2.31. The molecule has 50 heavy (non-hydrogen) atoms. The maximum absolute atomic E-state index is 11.2. The molecule has 0 radical (unpaired) electrons. The minimum atomic E-state index is -1.34. The summed E-state index contributed by atoms with van der Waals surface area (Å²) in [7, 11) is 0. The predicted octanol–water partition coefficient (Wildman–Crippen LogP) is 7.11. The van der Waals surface area contributed by atoms with E-state index in [1.54, 1.807) is 12.1 Å². The summed E-state index contributed by atoms with van der Waals surface area (Å²) in [5, 5.41) is 21.9. The first-order valence-corrected chi connectivity index (χ1v) is 17.8. The molecule has 0 fully saturated rings. The monoisotopic (exact) mass is 680 g/mol. The number of nitrogens with zero attached hydrogens (tertiary/aromatic N) is 7. The van der Waals surface area contributed by atoms with Crippen LogP contribution in [0.1, 0.15) is 58.0 Å². The lowest BCUT2D eigenvalue weighted by Crippen LogP contribution is -2.46. The number of hydrogen-bond donors (Lipinski definition) is 2. The lowest BCUT2D eigenvalue weighted by molar-refractivity contribution is 0.144. The largest absolute Gasteiger partial charge is 0.511 e. The molecule has 0 saturated carbocycles. The van der Waals surface area contributed by atoms with Gasteiger partial charge in [0.2, 0.25) is 5.96 Å². The van der Waals surface area contributed by atoms with Crippen molar-refractivity contribution >= 4 is 28.8 Å². The maximum atomic E-state index is 11.2. The number of aliphatic imine (C=N–C) groups is 1. The summed E-state index contributed by atoms with van der Waals surface area (Å²) < 4.78 is 7.28. The number of para-hydroxylation sites is 1. The van der Waals surface area contributed by atoms with Crippen molar-refractivity contribution in [3.8, 4) is 23.1 Å². The number of aryl methyl sites for hydroxylation is 2. The van der Waals surface area contributed by atoms with Crippen molar-refractivity contribution in [1.29, 1.82) is 5.26 Å². The van der Waals surface area contributed by atoms with Gasteiger partial charge in [-0.1, -0.05) is 77.1 Å². The van der Waals surface area contributed by atoms with Crippen LogP contribution in [0, 0.1) is 18.4 Å². The van der Waals surface area contributed by atoms with Crippen LogP contribution in [0.4, 0.5) is 10.5 Å². The van der Waals surface area contributed by atoms with Crippen LogP contribution in [-0.2, 0) is 13.0 Å². The number of rotatable bonds is 17. The van der Waals surface area contributed by atoms with Crippen LogP contribution < -0.4 is 10.1 Å². The second-order valence-electron chi connectivity index (χ2n) is 12.3. The zero-order valence-electron chi connectivity index (χ0n) is 30.4. The van der Waals surface area contributed by atoms with Crippen molar-refractivity contribution in [2.24, 2.45) is 4.99 Å². The van der Waals surface area contributed by atoms with Gasteiger partial charge in [0.05, 0.1) is 16.7 Å². The predicted molar refractivity (Wildman–Crippen MR) is 201 cm³/mol. The summed E-state index contributed by atoms with van der Waals surface area (Å²) in [6, 6.07) is 19.3. The van der Waals surface area contributed by atoms with E-state index < -0.39 is 6.16 Å². The Bertz CT molecular complexity index is 1750. The first-order valence-electron chi connectivity index (χ1n) is 17.8. The van der Waals surface area contributed by atoms with Crippen LogP contribution in [0.3, 0.4) is 0 Å². The molecule has 0 bridgehead atoms. The Morgan fingerprint density at radius 2 is 1.58 bits per heavy atom. The fraction of sp³-hybridized carbons (Fsp3) is 0.436. The standard InChI is InChI=1S/C39H52N8O3/c1-7-14-36-43-37-29(6)25-32(42-38(41-28-40)46(23-21-44(8-2)9-3)24-22-45(10-4)11-5)26-34(37)47(36)27-30-17-19-31(20-18-30)33-15-12-13-16-35(33)50-39(48)49/h12-13,15-20,25-26H,7-11,14,21-24,27H2,1-6H3,(H,41,42)(H,48,49). The molecule has 0 aliphatic heterocycles. The van der Waals surface area contributed by atoms with Gasteiger partial charge in [0.25, 0.3) is 0 Å². The number of fused-ring (bicyclic) bond motifs is 1. The third-order valence-electron chi connectivity index (χ3n) is 9.14. The van der Waals surface area contributed by atoms with Crippen molar-refractivity contribution in [3.05, 3.63) is 77.6 Å². The summed E-state index contributed by atoms with van der Waals surface area (Å²) in [5.41, 5.74) is 6.38. The van der Waals surface area contributed by atoms with Gasteiger partial charge in [0.1, 0.15) is 11.6 Å². The first kappa shape index (κ1) is 37.9. The van der Waals surface area contributed by atoms with Gasteiger partial charge in [-0.05, 0) is 74.4 Å². The van der Waals surface area contributed by atoms with E-state index >= 15 is 0 Å². The first-order chi connectivity index (χ1) is 24.2. The molecule has 0 saturated heterocycles. The minimum Gasteiger partial charge on any atom is -0.449 e. The summed E-state index contributed by atoms with van der Waals surface area (Å²) in [6.07, 6.45) is 2.58. The number of likely N-dealkylation sites (N-methyl/N-ethyl adjacent to an activating group) is 2. The van der Waals surface area contributed by atoms with E-state index in [1.165, 1.54) is 0 Å². The third kappa shape index (κ3) is 9.83. The summed E-state index contributed by atoms with van der Waals surface area (Å²) in [5.74, 6) is 1.85. The van der Waals surface area contributed by atoms with E-state index in [0.29, 0.717) is 23.8 Å². The number of hydrogen-bond acceptors (Lipinski definition) is 7. The molecule has 11 heteroatoms. The average molecular weight is 681 g/mol. The second kappa shape index (κ2) is 18.7. The third-order valence-corrected chi connectivity index (χ3v) is 9.14. The van der Waals surface area contributed by atoms with Gasteiger partial charge >= 0.3 is 6.16 Å². The van der Waals surface area contributed by atoms with Crippen LogP contribution in [0.25, 0.3) is 22.2 Å². The maximum Gasteiger partial charge on any atom is 0.511 e. The molecule has 1 aromatic heterocycles. The van der Waals surface area contributed by atoms with E-state index in [4.69, 9.17) is 14.7 Å². The lowest BCUT2D eigenvalue weighted by atomic mass is 10.0. The van der Waals surface area contributed by atoms with Gasteiger partial charge in [-0.2, -0.15) is 5.26 Å². The smallest absolute Gasteiger partial charge is 0.449 e. The number of guanidine groups is 1. The van der Waals surface area contributed by atoms with Crippen LogP contribution in [0.15, 0.2) is 65.7 Å². The molecule has 0 amide bonds. The Balaban J connectivity index is 1.71. The summed E-state index contributed by atoms with van der Waals surface area (Å²) in [6.45, 7) is 20.6. The molecule has 0 unspecified atom stereocenters. The molecule has 0 aliphatic rings. The summed E-state index contributed by atoms with van der Waals surface area (Å²) >= 11 is 0. The SMILES string of the molecule is CCCc1nc2c(C)cc(N=C(NC#N)N(CCN(CC)CC)CCN(CC)CC)cc2n1Cc1ccc(-c2ccccc2OC(=O)O)cc1. The van der Waals surface area contributed by atoms with Crippen LogP contribution in [0.5, 0.6) is 5.75 Å². The molecule has 2 N–H and O–H groups in total. The normalized spacial score (nSPS) is 11.7. The topological polar surface area (TPSA) is 122 Å². The van der Waals surface area contributed by atoms with E-state index in [0.717, 1.165) is 104 Å². The Morgan fingerprint density at radius 1 is 0.940 bits per heavy atom. The van der Waals surface area contributed by atoms with Crippen LogP contribution in [0.2, 0.25) is 0 Å². The molecular weight excluding hydrogens is 628 g/mol. The zero-order chi connectivity index (χ0) is 36.0. The van der Waals surface area contributed by atoms with Crippen molar-refractivity contribution in [2.45, 2.75) is 60.9 Å². The highest BCUT2D eigenvalue weighted by Gasteiger charge is 2.18. The van der Waals surface area contributed by atoms with Crippen molar-refractivity contribution in [2.75, 3.05) is 52.4 Å².